The Kier molecular flexibility index (Phi) is 2.65. The summed E-state index contributed by atoms with van der Waals surface area (Å²) in [4.78, 5) is 6.39. The Balaban J connectivity index is 1.92. The van der Waals surface area contributed by atoms with E-state index in [1.807, 2.05) is 25.2 Å². The molecule has 0 radical (unpaired) electrons. The highest BCUT2D eigenvalue weighted by Crippen LogP contribution is 2.36. The van der Waals surface area contributed by atoms with Gasteiger partial charge >= 0.3 is 0 Å². The Morgan fingerprint density at radius 3 is 2.60 bits per heavy atom. The minimum atomic E-state index is 0.153. The number of aromatic nitrogens is 1. The number of nitrogens with zero attached hydrogens (tertiary/aromatic N) is 2. The number of rotatable bonds is 4. The third kappa shape index (κ3) is 2.69. The van der Waals surface area contributed by atoms with Crippen molar-refractivity contribution in [2.24, 2.45) is 5.73 Å². The number of hydrogen-bond acceptors (Lipinski definition) is 3. The monoisotopic (exact) mass is 205 g/mol. The molecule has 3 nitrogen and oxygen atoms in total. The van der Waals surface area contributed by atoms with E-state index in [2.05, 4.69) is 17.1 Å². The summed E-state index contributed by atoms with van der Waals surface area (Å²) >= 11 is 0. The van der Waals surface area contributed by atoms with Crippen molar-refractivity contribution in [3.8, 4) is 0 Å². The lowest BCUT2D eigenvalue weighted by molar-refractivity contribution is 0.608. The van der Waals surface area contributed by atoms with E-state index in [1.54, 1.807) is 0 Å². The second-order valence-corrected chi connectivity index (χ2v) is 4.78. The van der Waals surface area contributed by atoms with Crippen LogP contribution < -0.4 is 10.6 Å². The summed E-state index contributed by atoms with van der Waals surface area (Å²) in [7, 11) is 4.00. The average molecular weight is 205 g/mol. The van der Waals surface area contributed by atoms with E-state index < -0.39 is 0 Å². The number of pyridine rings is 1. The van der Waals surface area contributed by atoms with Gasteiger partial charge in [-0.1, -0.05) is 6.07 Å². The molecule has 1 aliphatic carbocycles. The van der Waals surface area contributed by atoms with Crippen molar-refractivity contribution in [1.29, 1.82) is 0 Å². The van der Waals surface area contributed by atoms with Crippen molar-refractivity contribution >= 4 is 5.82 Å². The van der Waals surface area contributed by atoms with E-state index in [0.29, 0.717) is 0 Å². The molecule has 2 rings (SSSR count). The molecule has 0 spiro atoms. The first-order valence-electron chi connectivity index (χ1n) is 5.50. The van der Waals surface area contributed by atoms with Gasteiger partial charge in [0.1, 0.15) is 5.82 Å². The fraction of sp³-hybridized carbons (Fsp3) is 0.583. The third-order valence-corrected chi connectivity index (χ3v) is 3.07. The van der Waals surface area contributed by atoms with E-state index in [4.69, 9.17) is 5.73 Å². The second-order valence-electron chi connectivity index (χ2n) is 4.78. The van der Waals surface area contributed by atoms with Crippen molar-refractivity contribution in [2.75, 3.05) is 19.0 Å². The van der Waals surface area contributed by atoms with Crippen LogP contribution in [-0.4, -0.2) is 24.6 Å². The molecule has 0 bridgehead atoms. The summed E-state index contributed by atoms with van der Waals surface area (Å²) in [5.74, 6) is 1.01. The van der Waals surface area contributed by atoms with Crippen molar-refractivity contribution in [3.05, 3.63) is 23.9 Å². The van der Waals surface area contributed by atoms with Crippen LogP contribution in [0.5, 0.6) is 0 Å². The highest BCUT2D eigenvalue weighted by atomic mass is 15.1. The van der Waals surface area contributed by atoms with Gasteiger partial charge in [-0.15, -0.1) is 0 Å². The Morgan fingerprint density at radius 1 is 1.40 bits per heavy atom. The Hall–Kier alpha value is -1.09. The summed E-state index contributed by atoms with van der Waals surface area (Å²) < 4.78 is 0. The molecular formula is C12H19N3. The SMILES string of the molecule is CN(C)c1ccc(CCC2(N)CC2)cn1. The van der Waals surface area contributed by atoms with Gasteiger partial charge in [0.2, 0.25) is 0 Å². The number of aryl methyl sites for hydroxylation is 1. The van der Waals surface area contributed by atoms with E-state index >= 15 is 0 Å². The topological polar surface area (TPSA) is 42.1 Å². The van der Waals surface area contributed by atoms with Crippen LogP contribution in [0.3, 0.4) is 0 Å². The summed E-state index contributed by atoms with van der Waals surface area (Å²) in [6.07, 6.45) is 6.49. The van der Waals surface area contributed by atoms with Crippen LogP contribution in [0.1, 0.15) is 24.8 Å². The highest BCUT2D eigenvalue weighted by molar-refractivity contribution is 5.37. The van der Waals surface area contributed by atoms with Gasteiger partial charge in [0.15, 0.2) is 0 Å². The Bertz CT molecular complexity index is 325. The molecule has 1 saturated carbocycles. The lowest BCUT2D eigenvalue weighted by Crippen LogP contribution is -2.22. The zero-order valence-electron chi connectivity index (χ0n) is 9.53. The summed E-state index contributed by atoms with van der Waals surface area (Å²) in [5, 5.41) is 0. The standard InChI is InChI=1S/C12H19N3/c1-15(2)11-4-3-10(9-14-11)5-6-12(13)7-8-12/h3-4,9H,5-8,13H2,1-2H3. The number of nitrogens with two attached hydrogens (primary N) is 1. The molecule has 15 heavy (non-hydrogen) atoms. The predicted octanol–water partition coefficient (Wildman–Crippen LogP) is 1.57. The van der Waals surface area contributed by atoms with Crippen LogP contribution in [0.15, 0.2) is 18.3 Å². The average Bonchev–Trinajstić information content (AvgIpc) is 2.95. The van der Waals surface area contributed by atoms with E-state index in [1.165, 1.54) is 18.4 Å². The molecule has 3 heteroatoms. The van der Waals surface area contributed by atoms with Gasteiger partial charge in [-0.3, -0.25) is 0 Å². The summed E-state index contributed by atoms with van der Waals surface area (Å²) in [6, 6.07) is 4.21. The molecule has 0 amide bonds. The first-order chi connectivity index (χ1) is 7.09. The molecule has 1 aromatic rings. The second kappa shape index (κ2) is 3.81. The fourth-order valence-electron chi connectivity index (χ4n) is 1.63. The third-order valence-electron chi connectivity index (χ3n) is 3.07. The van der Waals surface area contributed by atoms with Gasteiger partial charge in [-0.05, 0) is 37.3 Å². The van der Waals surface area contributed by atoms with Crippen molar-refractivity contribution in [1.82, 2.24) is 4.98 Å². The molecule has 0 aliphatic heterocycles. The van der Waals surface area contributed by atoms with Crippen molar-refractivity contribution < 1.29 is 0 Å². The van der Waals surface area contributed by atoms with Crippen molar-refractivity contribution in [2.45, 2.75) is 31.2 Å². The van der Waals surface area contributed by atoms with Crippen molar-refractivity contribution in [3.63, 3.8) is 0 Å². The zero-order chi connectivity index (χ0) is 10.9. The van der Waals surface area contributed by atoms with Crippen LogP contribution in [0.25, 0.3) is 0 Å². The van der Waals surface area contributed by atoms with Gasteiger partial charge in [0, 0.05) is 25.8 Å². The fourth-order valence-corrected chi connectivity index (χ4v) is 1.63. The van der Waals surface area contributed by atoms with Gasteiger partial charge in [0.05, 0.1) is 0 Å². The Morgan fingerprint density at radius 2 is 2.13 bits per heavy atom. The molecule has 1 fully saturated rings. The van der Waals surface area contributed by atoms with Gasteiger partial charge < -0.3 is 10.6 Å². The number of hydrogen-bond donors (Lipinski definition) is 1. The molecule has 0 aromatic carbocycles. The maximum absolute atomic E-state index is 6.04. The van der Waals surface area contributed by atoms with Crippen LogP contribution >= 0.6 is 0 Å². The largest absolute Gasteiger partial charge is 0.363 e. The normalized spacial score (nSPS) is 17.5. The van der Waals surface area contributed by atoms with Crippen LogP contribution in [0, 0.1) is 0 Å². The molecule has 1 heterocycles. The minimum Gasteiger partial charge on any atom is -0.363 e. The molecule has 2 N–H and O–H groups in total. The molecule has 0 unspecified atom stereocenters. The smallest absolute Gasteiger partial charge is 0.127 e. The Labute approximate surface area is 91.3 Å². The molecule has 1 aromatic heterocycles. The first-order valence-corrected chi connectivity index (χ1v) is 5.50. The van der Waals surface area contributed by atoms with E-state index in [0.717, 1.165) is 18.7 Å². The van der Waals surface area contributed by atoms with Crippen LogP contribution in [0.2, 0.25) is 0 Å². The highest BCUT2D eigenvalue weighted by Gasteiger charge is 2.37. The quantitative estimate of drug-likeness (QED) is 0.811. The maximum Gasteiger partial charge on any atom is 0.127 e. The summed E-state index contributed by atoms with van der Waals surface area (Å²) in [5.41, 5.74) is 7.49. The molecule has 1 aliphatic rings. The molecule has 82 valence electrons. The van der Waals surface area contributed by atoms with Gasteiger partial charge in [-0.2, -0.15) is 0 Å². The van der Waals surface area contributed by atoms with Crippen LogP contribution in [0.4, 0.5) is 5.82 Å². The molecular weight excluding hydrogens is 186 g/mol. The zero-order valence-corrected chi connectivity index (χ0v) is 9.53. The number of anilines is 1. The van der Waals surface area contributed by atoms with Crippen LogP contribution in [-0.2, 0) is 6.42 Å². The van der Waals surface area contributed by atoms with Gasteiger partial charge in [0.25, 0.3) is 0 Å². The maximum atomic E-state index is 6.04. The lowest BCUT2D eigenvalue weighted by Gasteiger charge is -2.12. The lowest BCUT2D eigenvalue weighted by atomic mass is 10.1. The molecule has 0 saturated heterocycles. The van der Waals surface area contributed by atoms with E-state index in [-0.39, 0.29) is 5.54 Å². The summed E-state index contributed by atoms with van der Waals surface area (Å²) in [6.45, 7) is 0. The van der Waals surface area contributed by atoms with Gasteiger partial charge in [-0.25, -0.2) is 4.98 Å². The minimum absolute atomic E-state index is 0.153. The molecule has 0 atom stereocenters. The van der Waals surface area contributed by atoms with E-state index in [9.17, 15) is 0 Å². The predicted molar refractivity (Wildman–Crippen MR) is 63.0 cm³/mol. The first kappa shape index (κ1) is 10.4.